The van der Waals surface area contributed by atoms with Crippen LogP contribution >= 0.6 is 0 Å². The van der Waals surface area contributed by atoms with E-state index in [4.69, 9.17) is 0 Å². The highest BCUT2D eigenvalue weighted by molar-refractivity contribution is 5.83. The minimum absolute atomic E-state index is 0.0277. The highest BCUT2D eigenvalue weighted by Crippen LogP contribution is 2.36. The van der Waals surface area contributed by atoms with E-state index in [0.717, 1.165) is 37.7 Å². The average Bonchev–Trinajstić information content (AvgIpc) is 3.32. The highest BCUT2D eigenvalue weighted by atomic mass is 16.3. The first-order valence-electron chi connectivity index (χ1n) is 12.0. The molecule has 4 atom stereocenters. The molecule has 0 radical (unpaired) electrons. The number of hydrogen-bond acceptors (Lipinski definition) is 5. The molecule has 8 nitrogen and oxygen atoms in total. The molecule has 1 aromatic rings. The van der Waals surface area contributed by atoms with E-state index in [2.05, 4.69) is 24.1 Å². The number of fused-ring (bicyclic) bond motifs is 1. The van der Waals surface area contributed by atoms with Crippen molar-refractivity contribution in [1.82, 2.24) is 25.1 Å². The number of nitrogens with zero attached hydrogens (tertiary/aromatic N) is 4. The molecule has 2 heterocycles. The Morgan fingerprint density at radius 1 is 1.22 bits per heavy atom. The molecule has 3 fully saturated rings. The predicted molar refractivity (Wildman–Crippen MR) is 122 cm³/mol. The summed E-state index contributed by atoms with van der Waals surface area (Å²) in [5.74, 6) is 0.0957. The Bertz CT molecular complexity index is 800. The molecule has 4 rings (SSSR count). The Hall–Kier alpha value is -2.16. The lowest BCUT2D eigenvalue weighted by atomic mass is 9.91. The lowest BCUT2D eigenvalue weighted by Crippen LogP contribution is -2.78. The number of amides is 3. The normalized spacial score (nSPS) is 28.6. The molecule has 176 valence electrons. The van der Waals surface area contributed by atoms with E-state index in [0.29, 0.717) is 19.1 Å². The number of piperazine rings is 1. The number of rotatable bonds is 5. The van der Waals surface area contributed by atoms with Crippen molar-refractivity contribution in [3.8, 4) is 0 Å². The number of nitrogens with one attached hydrogen (secondary N) is 1. The largest absolute Gasteiger partial charge is 0.376 e. The molecular weight excluding hydrogens is 406 g/mol. The van der Waals surface area contributed by atoms with Gasteiger partial charge < -0.3 is 15.3 Å². The van der Waals surface area contributed by atoms with Gasteiger partial charge in [0.05, 0.1) is 12.6 Å². The maximum atomic E-state index is 13.4. The molecule has 8 heteroatoms. The molecule has 3 aliphatic rings. The standard InChI is InChI=1S/C24H37N5O3/c1-4-17(2)22-23(31)27(19-12-8-9-13-19)15-20-28(22)21(30)16-26(3)29(20)24(32)25-14-18-10-6-5-7-11-18/h5-7,10-11,17,19-20,22-23,31H,4,8-9,12-16H2,1-3H3,(H,25,32)/t17?,20-,22-,23?/m0/s1. The van der Waals surface area contributed by atoms with Gasteiger partial charge in [-0.15, -0.1) is 0 Å². The number of carbonyl (C=O) groups is 2. The fraction of sp³-hybridized carbons (Fsp3) is 0.667. The zero-order valence-electron chi connectivity index (χ0n) is 19.5. The number of hydrazine groups is 1. The van der Waals surface area contributed by atoms with E-state index >= 15 is 0 Å². The SMILES string of the molecule is CCC(C)[C@H]1C(O)N(C2CCCC2)C[C@H]2N1C(=O)CN(C)N2C(=O)NCc1ccccc1. The smallest absolute Gasteiger partial charge is 0.334 e. The molecule has 2 aliphatic heterocycles. The first kappa shape index (κ1) is 23.0. The number of aliphatic hydroxyl groups is 1. The van der Waals surface area contributed by atoms with Gasteiger partial charge in [-0.1, -0.05) is 63.4 Å². The van der Waals surface area contributed by atoms with Crippen LogP contribution in [0.4, 0.5) is 4.79 Å². The molecule has 32 heavy (non-hydrogen) atoms. The Morgan fingerprint density at radius 3 is 2.56 bits per heavy atom. The minimum atomic E-state index is -0.703. The second kappa shape index (κ2) is 9.77. The van der Waals surface area contributed by atoms with Gasteiger partial charge in [0.1, 0.15) is 12.4 Å². The summed E-state index contributed by atoms with van der Waals surface area (Å²) in [4.78, 5) is 30.5. The van der Waals surface area contributed by atoms with E-state index < -0.39 is 12.4 Å². The van der Waals surface area contributed by atoms with Crippen LogP contribution in [0.15, 0.2) is 30.3 Å². The molecule has 2 saturated heterocycles. The van der Waals surface area contributed by atoms with Crippen molar-refractivity contribution >= 4 is 11.9 Å². The quantitative estimate of drug-likeness (QED) is 0.730. The van der Waals surface area contributed by atoms with Crippen LogP contribution in [0.3, 0.4) is 0 Å². The molecule has 1 aliphatic carbocycles. The Kier molecular flexibility index (Phi) is 7.02. The van der Waals surface area contributed by atoms with Crippen LogP contribution in [0.25, 0.3) is 0 Å². The van der Waals surface area contributed by atoms with Crippen molar-refractivity contribution in [3.63, 3.8) is 0 Å². The van der Waals surface area contributed by atoms with Gasteiger partial charge in [0.15, 0.2) is 0 Å². The summed E-state index contributed by atoms with van der Waals surface area (Å²) < 4.78 is 0. The second-order valence-electron chi connectivity index (χ2n) is 9.51. The van der Waals surface area contributed by atoms with Gasteiger partial charge in [0.2, 0.25) is 5.91 Å². The lowest BCUT2D eigenvalue weighted by Gasteiger charge is -2.58. The van der Waals surface area contributed by atoms with Gasteiger partial charge in [0, 0.05) is 26.2 Å². The molecule has 3 amide bonds. The lowest BCUT2D eigenvalue weighted by molar-refractivity contribution is -0.219. The first-order chi connectivity index (χ1) is 15.4. The Morgan fingerprint density at radius 2 is 1.91 bits per heavy atom. The van der Waals surface area contributed by atoms with Gasteiger partial charge in [-0.2, -0.15) is 0 Å². The van der Waals surface area contributed by atoms with Crippen molar-refractivity contribution in [2.45, 2.75) is 77.0 Å². The predicted octanol–water partition coefficient (Wildman–Crippen LogP) is 2.20. The van der Waals surface area contributed by atoms with Crippen molar-refractivity contribution in [3.05, 3.63) is 35.9 Å². The van der Waals surface area contributed by atoms with Crippen LogP contribution < -0.4 is 5.32 Å². The molecule has 0 bridgehead atoms. The fourth-order valence-corrected chi connectivity index (χ4v) is 5.59. The molecule has 1 aromatic carbocycles. The van der Waals surface area contributed by atoms with E-state index in [1.165, 1.54) is 0 Å². The molecule has 1 saturated carbocycles. The van der Waals surface area contributed by atoms with Crippen molar-refractivity contribution in [2.75, 3.05) is 20.1 Å². The summed E-state index contributed by atoms with van der Waals surface area (Å²) in [6.45, 7) is 5.20. The highest BCUT2D eigenvalue weighted by Gasteiger charge is 2.53. The molecule has 0 aromatic heterocycles. The van der Waals surface area contributed by atoms with Crippen LogP contribution in [0.2, 0.25) is 0 Å². The van der Waals surface area contributed by atoms with Crippen LogP contribution in [0.5, 0.6) is 0 Å². The van der Waals surface area contributed by atoms with Crippen LogP contribution in [0.1, 0.15) is 51.5 Å². The maximum absolute atomic E-state index is 13.4. The van der Waals surface area contributed by atoms with Gasteiger partial charge >= 0.3 is 6.03 Å². The van der Waals surface area contributed by atoms with Crippen molar-refractivity contribution < 1.29 is 14.7 Å². The van der Waals surface area contributed by atoms with Crippen molar-refractivity contribution in [1.29, 1.82) is 0 Å². The molecular formula is C24H37N5O3. The zero-order chi connectivity index (χ0) is 22.8. The molecule has 0 spiro atoms. The third-order valence-corrected chi connectivity index (χ3v) is 7.48. The van der Waals surface area contributed by atoms with Gasteiger partial charge in [0.25, 0.3) is 0 Å². The van der Waals surface area contributed by atoms with Crippen LogP contribution in [-0.4, -0.2) is 81.5 Å². The summed E-state index contributed by atoms with van der Waals surface area (Å²) >= 11 is 0. The van der Waals surface area contributed by atoms with Crippen molar-refractivity contribution in [2.24, 2.45) is 5.92 Å². The zero-order valence-corrected chi connectivity index (χ0v) is 19.5. The van der Waals surface area contributed by atoms with E-state index in [9.17, 15) is 14.7 Å². The summed E-state index contributed by atoms with van der Waals surface area (Å²) in [5, 5.41) is 17.8. The summed E-state index contributed by atoms with van der Waals surface area (Å²) in [5.41, 5.74) is 1.03. The van der Waals surface area contributed by atoms with E-state index in [1.54, 1.807) is 22.0 Å². The topological polar surface area (TPSA) is 79.4 Å². The minimum Gasteiger partial charge on any atom is -0.376 e. The molecule has 2 unspecified atom stereocenters. The van der Waals surface area contributed by atoms with E-state index in [1.807, 2.05) is 30.3 Å². The van der Waals surface area contributed by atoms with Crippen LogP contribution in [-0.2, 0) is 11.3 Å². The maximum Gasteiger partial charge on any atom is 0.334 e. The number of urea groups is 1. The Labute approximate surface area is 191 Å². The average molecular weight is 444 g/mol. The molecule has 2 N–H and O–H groups in total. The monoisotopic (exact) mass is 443 g/mol. The first-order valence-corrected chi connectivity index (χ1v) is 12.0. The van der Waals surface area contributed by atoms with Gasteiger partial charge in [-0.05, 0) is 24.3 Å². The summed E-state index contributed by atoms with van der Waals surface area (Å²) in [6, 6.07) is 9.57. The number of carbonyl (C=O) groups excluding carboxylic acids is 2. The fourth-order valence-electron chi connectivity index (χ4n) is 5.59. The summed E-state index contributed by atoms with van der Waals surface area (Å²) in [6.07, 6.45) is 4.16. The number of likely N-dealkylation sites (N-methyl/N-ethyl adjacent to an activating group) is 1. The van der Waals surface area contributed by atoms with Crippen LogP contribution in [0, 0.1) is 5.92 Å². The third kappa shape index (κ3) is 4.36. The second-order valence-corrected chi connectivity index (χ2v) is 9.51. The summed E-state index contributed by atoms with van der Waals surface area (Å²) in [7, 11) is 1.79. The number of benzene rings is 1. The van der Waals surface area contributed by atoms with Gasteiger partial charge in [-0.25, -0.2) is 14.8 Å². The number of hydrogen-bond donors (Lipinski definition) is 2. The third-order valence-electron chi connectivity index (χ3n) is 7.48. The Balaban J connectivity index is 1.61. The number of aliphatic hydroxyl groups excluding tert-OH is 1. The van der Waals surface area contributed by atoms with E-state index in [-0.39, 0.29) is 30.4 Å². The van der Waals surface area contributed by atoms with Gasteiger partial charge in [-0.3, -0.25) is 9.69 Å².